The van der Waals surface area contributed by atoms with E-state index in [9.17, 15) is 4.79 Å². The number of nitrogens with one attached hydrogen (secondary N) is 1. The van der Waals surface area contributed by atoms with Crippen molar-refractivity contribution in [3.05, 3.63) is 72.2 Å². The van der Waals surface area contributed by atoms with Gasteiger partial charge < -0.3 is 11.1 Å². The Labute approximate surface area is 198 Å². The van der Waals surface area contributed by atoms with Crippen molar-refractivity contribution in [3.8, 4) is 11.4 Å². The molecule has 5 heterocycles. The molecule has 9 heteroatoms. The fourth-order valence-corrected chi connectivity index (χ4v) is 3.92. The van der Waals surface area contributed by atoms with Gasteiger partial charge in [-0.1, -0.05) is 12.1 Å². The lowest BCUT2D eigenvalue weighted by molar-refractivity contribution is 0.111. The van der Waals surface area contributed by atoms with E-state index in [-0.39, 0.29) is 0 Å². The van der Waals surface area contributed by atoms with Crippen LogP contribution in [0.15, 0.2) is 60.1 Å². The van der Waals surface area contributed by atoms with Crippen LogP contribution >= 0.6 is 0 Å². The number of nitrogens with two attached hydrogens (primary N) is 1. The highest BCUT2D eigenvalue weighted by molar-refractivity contribution is 6.08. The molecule has 0 saturated carbocycles. The van der Waals surface area contributed by atoms with Crippen LogP contribution in [0, 0.1) is 0 Å². The number of aliphatic imine (C=N–C) groups is 1. The first-order valence-corrected chi connectivity index (χ1v) is 11.4. The Morgan fingerprint density at radius 3 is 2.76 bits per heavy atom. The summed E-state index contributed by atoms with van der Waals surface area (Å²) < 4.78 is 1.74. The van der Waals surface area contributed by atoms with Gasteiger partial charge in [0.15, 0.2) is 12.1 Å². The molecule has 2 aliphatic rings. The third-order valence-corrected chi connectivity index (χ3v) is 5.59. The monoisotopic (exact) mass is 456 g/mol. The smallest absolute Gasteiger partial charge is 0.171 e. The summed E-state index contributed by atoms with van der Waals surface area (Å²) in [7, 11) is 0. The Bertz CT molecular complexity index is 1160. The van der Waals surface area contributed by atoms with Crippen molar-refractivity contribution >= 4 is 24.3 Å². The number of rotatable bonds is 6. The molecule has 174 valence electrons. The van der Waals surface area contributed by atoms with Crippen LogP contribution in [-0.2, 0) is 6.42 Å². The largest absolute Gasteiger partial charge is 0.404 e. The van der Waals surface area contributed by atoms with Crippen LogP contribution in [0.4, 0.5) is 0 Å². The zero-order chi connectivity index (χ0) is 23.6. The maximum atomic E-state index is 11.1. The predicted molar refractivity (Wildman–Crippen MR) is 133 cm³/mol. The minimum atomic E-state index is 0.401. The zero-order valence-electron chi connectivity index (χ0n) is 18.9. The van der Waals surface area contributed by atoms with Gasteiger partial charge >= 0.3 is 0 Å². The number of carbonyl (C=O) groups excluding carboxylic acids is 1. The summed E-state index contributed by atoms with van der Waals surface area (Å²) >= 11 is 0. The standard InChI is InChI=1S/C13H18N4.C12H10N4O/c14-8-11(13-5-1-2-6-17-13)9-15-10-12-4-3-7-16-12;17-8-9-11(12-13-5-3-6-14-12)10-4-1-2-7-16(10)15-9/h1-2,5-6,8-9,12,16H,3-4,7,10,14H2;2-3,5-8H,1,4H2/b11-8+,15-9?;/t12-;/m0./s1. The van der Waals surface area contributed by atoms with E-state index in [4.69, 9.17) is 5.73 Å². The molecule has 0 radical (unpaired) electrons. The molecular weight excluding hydrogens is 428 g/mol. The number of allylic oxidation sites excluding steroid dienone is 2. The van der Waals surface area contributed by atoms with E-state index < -0.39 is 0 Å². The van der Waals surface area contributed by atoms with Gasteiger partial charge in [0.25, 0.3) is 0 Å². The molecule has 3 aromatic heterocycles. The minimum absolute atomic E-state index is 0.401. The van der Waals surface area contributed by atoms with Crippen molar-refractivity contribution in [2.45, 2.75) is 31.7 Å². The van der Waals surface area contributed by atoms with Gasteiger partial charge in [-0.3, -0.25) is 14.8 Å². The fourth-order valence-electron chi connectivity index (χ4n) is 3.92. The molecule has 0 amide bonds. The SMILES string of the molecule is N/C=C(\C=NC[C@@H]1CCCN1)c1ccccn1.O=Cc1nn2c(c1-c1ncccn1)CCC=C2. The number of hydrogen-bond acceptors (Lipinski definition) is 8. The van der Waals surface area contributed by atoms with E-state index >= 15 is 0 Å². The van der Waals surface area contributed by atoms with Gasteiger partial charge in [0.2, 0.25) is 0 Å². The first kappa shape index (κ1) is 23.2. The van der Waals surface area contributed by atoms with Crippen LogP contribution in [0.2, 0.25) is 0 Å². The zero-order valence-corrected chi connectivity index (χ0v) is 18.9. The second-order valence-corrected chi connectivity index (χ2v) is 7.89. The summed E-state index contributed by atoms with van der Waals surface area (Å²) in [5, 5.41) is 7.64. The third kappa shape index (κ3) is 5.68. The number of fused-ring (bicyclic) bond motifs is 1. The van der Waals surface area contributed by atoms with Gasteiger partial charge in [0.1, 0.15) is 5.69 Å². The normalized spacial score (nSPS) is 17.3. The summed E-state index contributed by atoms with van der Waals surface area (Å²) in [5.74, 6) is 0.561. The van der Waals surface area contributed by atoms with E-state index in [2.05, 4.69) is 30.4 Å². The maximum Gasteiger partial charge on any atom is 0.171 e. The number of aldehydes is 1. The van der Waals surface area contributed by atoms with Gasteiger partial charge in [0.05, 0.1) is 23.5 Å². The Morgan fingerprint density at radius 2 is 2.06 bits per heavy atom. The summed E-state index contributed by atoms with van der Waals surface area (Å²) in [5.41, 5.74) is 9.47. The van der Waals surface area contributed by atoms with Crippen molar-refractivity contribution in [2.24, 2.45) is 10.7 Å². The van der Waals surface area contributed by atoms with Crippen molar-refractivity contribution in [3.63, 3.8) is 0 Å². The van der Waals surface area contributed by atoms with Crippen LogP contribution in [0.5, 0.6) is 0 Å². The van der Waals surface area contributed by atoms with Gasteiger partial charge in [-0.2, -0.15) is 5.10 Å². The fraction of sp³-hybridized carbons (Fsp3) is 0.280. The number of carbonyl (C=O) groups is 1. The first-order valence-electron chi connectivity index (χ1n) is 11.4. The van der Waals surface area contributed by atoms with Crippen molar-refractivity contribution in [1.82, 2.24) is 30.0 Å². The quantitative estimate of drug-likeness (QED) is 0.432. The topological polar surface area (TPSA) is 124 Å². The first-order chi connectivity index (χ1) is 16.8. The molecule has 0 spiro atoms. The van der Waals surface area contributed by atoms with Gasteiger partial charge in [-0.25, -0.2) is 14.6 Å². The van der Waals surface area contributed by atoms with E-state index in [1.54, 1.807) is 35.5 Å². The number of hydrogen-bond donors (Lipinski definition) is 2. The summed E-state index contributed by atoms with van der Waals surface area (Å²) in [6, 6.07) is 8.03. The van der Waals surface area contributed by atoms with Crippen molar-refractivity contribution < 1.29 is 4.79 Å². The Kier molecular flexibility index (Phi) is 8.02. The molecule has 1 fully saturated rings. The van der Waals surface area contributed by atoms with Gasteiger partial charge in [-0.05, 0) is 50.4 Å². The van der Waals surface area contributed by atoms with Crippen LogP contribution in [0.1, 0.15) is 41.1 Å². The molecule has 3 aromatic rings. The molecule has 5 rings (SSSR count). The van der Waals surface area contributed by atoms with Crippen LogP contribution in [0.25, 0.3) is 23.2 Å². The van der Waals surface area contributed by atoms with E-state index in [0.29, 0.717) is 17.6 Å². The molecule has 1 saturated heterocycles. The maximum absolute atomic E-state index is 11.1. The van der Waals surface area contributed by atoms with Crippen molar-refractivity contribution in [1.29, 1.82) is 0 Å². The highest BCUT2D eigenvalue weighted by Crippen LogP contribution is 2.27. The summed E-state index contributed by atoms with van der Waals surface area (Å²) in [6.07, 6.45) is 17.4. The second-order valence-electron chi connectivity index (χ2n) is 7.89. The lowest BCUT2D eigenvalue weighted by Gasteiger charge is -2.08. The predicted octanol–water partition coefficient (Wildman–Crippen LogP) is 2.77. The Balaban J connectivity index is 0.000000161. The van der Waals surface area contributed by atoms with Crippen LogP contribution in [-0.4, -0.2) is 56.4 Å². The lowest BCUT2D eigenvalue weighted by Crippen LogP contribution is -2.24. The molecule has 0 bridgehead atoms. The summed E-state index contributed by atoms with van der Waals surface area (Å²) in [6.45, 7) is 1.92. The molecule has 1 atom stereocenters. The minimum Gasteiger partial charge on any atom is -0.404 e. The average Bonchev–Trinajstić information content (AvgIpc) is 3.56. The molecule has 0 aliphatic carbocycles. The van der Waals surface area contributed by atoms with Gasteiger partial charge in [0, 0.05) is 48.8 Å². The molecule has 2 aliphatic heterocycles. The third-order valence-electron chi connectivity index (χ3n) is 5.59. The number of nitrogens with zero attached hydrogens (tertiary/aromatic N) is 6. The van der Waals surface area contributed by atoms with Gasteiger partial charge in [-0.15, -0.1) is 0 Å². The molecule has 9 nitrogen and oxygen atoms in total. The molecular formula is C25H28N8O. The van der Waals surface area contributed by atoms with E-state index in [0.717, 1.165) is 54.7 Å². The summed E-state index contributed by atoms with van der Waals surface area (Å²) in [4.78, 5) is 28.1. The van der Waals surface area contributed by atoms with Crippen LogP contribution < -0.4 is 11.1 Å². The van der Waals surface area contributed by atoms with E-state index in [1.165, 1.54) is 12.8 Å². The van der Waals surface area contributed by atoms with Crippen LogP contribution in [0.3, 0.4) is 0 Å². The van der Waals surface area contributed by atoms with Crippen molar-refractivity contribution in [2.75, 3.05) is 13.1 Å². The Hall–Kier alpha value is -3.98. The number of pyridine rings is 1. The average molecular weight is 457 g/mol. The lowest BCUT2D eigenvalue weighted by atomic mass is 10.1. The Morgan fingerprint density at radius 1 is 1.21 bits per heavy atom. The highest BCUT2D eigenvalue weighted by atomic mass is 16.1. The number of aromatic nitrogens is 5. The molecule has 34 heavy (non-hydrogen) atoms. The molecule has 3 N–H and O–H groups in total. The molecule has 0 unspecified atom stereocenters. The second kappa shape index (κ2) is 11.8. The molecule has 0 aromatic carbocycles. The highest BCUT2D eigenvalue weighted by Gasteiger charge is 2.21. The van der Waals surface area contributed by atoms with E-state index in [1.807, 2.05) is 36.7 Å².